The van der Waals surface area contributed by atoms with Crippen molar-refractivity contribution in [3.8, 4) is 11.8 Å². The van der Waals surface area contributed by atoms with Crippen LogP contribution in [0.4, 0.5) is 0 Å². The minimum Gasteiger partial charge on any atom is -0.384 e. The molecule has 1 aromatic carbocycles. The highest BCUT2D eigenvalue weighted by molar-refractivity contribution is 7.91. The first-order chi connectivity index (χ1) is 9.50. The van der Waals surface area contributed by atoms with Gasteiger partial charge in [0.15, 0.2) is 9.84 Å². The highest BCUT2D eigenvalue weighted by atomic mass is 32.2. The summed E-state index contributed by atoms with van der Waals surface area (Å²) in [5.74, 6) is 6.05. The topological polar surface area (TPSA) is 57.6 Å². The summed E-state index contributed by atoms with van der Waals surface area (Å²) in [7, 11) is -0.889. The summed E-state index contributed by atoms with van der Waals surface area (Å²) in [5, 5.41) is 8.70. The SMILES string of the molecule is CN(Cc1cccc(C#CCO)c1)C1CCS(=O)(=O)C1. The van der Waals surface area contributed by atoms with Crippen molar-refractivity contribution >= 4 is 9.84 Å². The molecule has 1 aliphatic rings. The van der Waals surface area contributed by atoms with E-state index in [0.717, 1.165) is 11.1 Å². The average Bonchev–Trinajstić information content (AvgIpc) is 2.77. The molecule has 1 N–H and O–H groups in total. The van der Waals surface area contributed by atoms with E-state index in [4.69, 9.17) is 5.11 Å². The van der Waals surface area contributed by atoms with Crippen molar-refractivity contribution in [3.05, 3.63) is 35.4 Å². The van der Waals surface area contributed by atoms with Gasteiger partial charge in [-0.3, -0.25) is 4.90 Å². The molecule has 0 saturated carbocycles. The molecule has 2 rings (SSSR count). The Bertz CT molecular complexity index is 628. The summed E-state index contributed by atoms with van der Waals surface area (Å²) in [6.45, 7) is 0.554. The van der Waals surface area contributed by atoms with Gasteiger partial charge in [-0.05, 0) is 31.2 Å². The predicted molar refractivity (Wildman–Crippen MR) is 78.9 cm³/mol. The lowest BCUT2D eigenvalue weighted by atomic mass is 10.1. The number of sulfone groups is 1. The van der Waals surface area contributed by atoms with Crippen LogP contribution in [-0.4, -0.2) is 49.6 Å². The molecule has 1 saturated heterocycles. The van der Waals surface area contributed by atoms with Gasteiger partial charge in [-0.15, -0.1) is 0 Å². The van der Waals surface area contributed by atoms with Gasteiger partial charge in [-0.2, -0.15) is 0 Å². The Kier molecular flexibility index (Phi) is 4.81. The van der Waals surface area contributed by atoms with Crippen LogP contribution >= 0.6 is 0 Å². The van der Waals surface area contributed by atoms with Crippen molar-refractivity contribution < 1.29 is 13.5 Å². The lowest BCUT2D eigenvalue weighted by molar-refractivity contribution is 0.254. The van der Waals surface area contributed by atoms with Gasteiger partial charge in [-0.25, -0.2) is 8.42 Å². The molecule has 108 valence electrons. The monoisotopic (exact) mass is 293 g/mol. The molecule has 5 heteroatoms. The Balaban J connectivity index is 2.03. The van der Waals surface area contributed by atoms with Gasteiger partial charge in [0, 0.05) is 18.2 Å². The van der Waals surface area contributed by atoms with Crippen molar-refractivity contribution in [1.29, 1.82) is 0 Å². The number of aliphatic hydroxyl groups excluding tert-OH is 1. The van der Waals surface area contributed by atoms with E-state index in [0.29, 0.717) is 18.7 Å². The Morgan fingerprint density at radius 3 is 2.90 bits per heavy atom. The molecule has 0 bridgehead atoms. The van der Waals surface area contributed by atoms with Crippen LogP contribution in [-0.2, 0) is 16.4 Å². The second-order valence-electron chi connectivity index (χ2n) is 5.13. The zero-order valence-electron chi connectivity index (χ0n) is 11.5. The fraction of sp³-hybridized carbons (Fsp3) is 0.467. The van der Waals surface area contributed by atoms with E-state index in [1.807, 2.05) is 31.3 Å². The van der Waals surface area contributed by atoms with Gasteiger partial charge in [0.2, 0.25) is 0 Å². The third kappa shape index (κ3) is 4.07. The summed E-state index contributed by atoms with van der Waals surface area (Å²) in [6.07, 6.45) is 0.711. The Hall–Kier alpha value is -1.35. The molecule has 0 aromatic heterocycles. The first-order valence-corrected chi connectivity index (χ1v) is 8.41. The van der Waals surface area contributed by atoms with Crippen molar-refractivity contribution in [1.82, 2.24) is 4.90 Å². The molecule has 0 radical (unpaired) electrons. The van der Waals surface area contributed by atoms with E-state index < -0.39 is 9.84 Å². The van der Waals surface area contributed by atoms with Crippen LogP contribution in [0, 0.1) is 11.8 Å². The van der Waals surface area contributed by atoms with E-state index in [1.165, 1.54) is 0 Å². The van der Waals surface area contributed by atoms with Crippen LogP contribution in [0.25, 0.3) is 0 Å². The summed E-state index contributed by atoms with van der Waals surface area (Å²) < 4.78 is 23.0. The van der Waals surface area contributed by atoms with Crippen LogP contribution in [0.5, 0.6) is 0 Å². The molecule has 0 spiro atoms. The van der Waals surface area contributed by atoms with Gasteiger partial charge in [0.25, 0.3) is 0 Å². The number of aliphatic hydroxyl groups is 1. The Labute approximate surface area is 120 Å². The summed E-state index contributed by atoms with van der Waals surface area (Å²) >= 11 is 0. The van der Waals surface area contributed by atoms with Gasteiger partial charge in [-0.1, -0.05) is 24.0 Å². The molecule has 0 aliphatic carbocycles. The smallest absolute Gasteiger partial charge is 0.151 e. The maximum absolute atomic E-state index is 11.5. The summed E-state index contributed by atoms with van der Waals surface area (Å²) in [6, 6.07) is 7.90. The Morgan fingerprint density at radius 1 is 1.45 bits per heavy atom. The minimum atomic E-state index is -2.84. The van der Waals surface area contributed by atoms with Crippen molar-refractivity contribution in [3.63, 3.8) is 0 Å². The third-order valence-electron chi connectivity index (χ3n) is 3.50. The van der Waals surface area contributed by atoms with Crippen LogP contribution in [0.1, 0.15) is 17.5 Å². The number of rotatable bonds is 3. The molecule has 1 aromatic rings. The number of hydrogen-bond acceptors (Lipinski definition) is 4. The number of benzene rings is 1. The predicted octanol–water partition coefficient (Wildman–Crippen LogP) is 0.649. The van der Waals surface area contributed by atoms with Crippen molar-refractivity contribution in [2.24, 2.45) is 0 Å². The van der Waals surface area contributed by atoms with Crippen molar-refractivity contribution in [2.45, 2.75) is 19.0 Å². The Morgan fingerprint density at radius 2 is 2.25 bits per heavy atom. The number of nitrogens with zero attached hydrogens (tertiary/aromatic N) is 1. The lowest BCUT2D eigenvalue weighted by Gasteiger charge is -2.23. The molecule has 1 heterocycles. The van der Waals surface area contributed by atoms with Gasteiger partial charge in [0.05, 0.1) is 11.5 Å². The highest BCUT2D eigenvalue weighted by Crippen LogP contribution is 2.18. The van der Waals surface area contributed by atoms with Crippen LogP contribution in [0.3, 0.4) is 0 Å². The second-order valence-corrected chi connectivity index (χ2v) is 7.36. The standard InChI is InChI=1S/C15H19NO3S/c1-16(15-7-9-20(18,19)12-15)11-14-5-2-4-13(10-14)6-3-8-17/h2,4-5,10,15,17H,7-9,11-12H2,1H3. The van der Waals surface area contributed by atoms with Gasteiger partial charge >= 0.3 is 0 Å². The first-order valence-electron chi connectivity index (χ1n) is 6.59. The molecule has 4 nitrogen and oxygen atoms in total. The first kappa shape index (κ1) is 15.0. The van der Waals surface area contributed by atoms with Crippen LogP contribution < -0.4 is 0 Å². The molecule has 20 heavy (non-hydrogen) atoms. The van der Waals surface area contributed by atoms with E-state index in [2.05, 4.69) is 16.7 Å². The molecule has 1 aliphatic heterocycles. The quantitative estimate of drug-likeness (QED) is 0.831. The van der Waals surface area contributed by atoms with E-state index in [-0.39, 0.29) is 18.4 Å². The molecule has 1 atom stereocenters. The molecular formula is C15H19NO3S. The summed E-state index contributed by atoms with van der Waals surface area (Å²) in [4.78, 5) is 2.09. The van der Waals surface area contributed by atoms with E-state index >= 15 is 0 Å². The fourth-order valence-corrected chi connectivity index (χ4v) is 4.23. The van der Waals surface area contributed by atoms with Crippen molar-refractivity contribution in [2.75, 3.05) is 25.2 Å². The molecule has 1 fully saturated rings. The summed E-state index contributed by atoms with van der Waals surface area (Å²) in [5.41, 5.74) is 1.96. The van der Waals surface area contributed by atoms with Gasteiger partial charge in [0.1, 0.15) is 6.61 Å². The average molecular weight is 293 g/mol. The lowest BCUT2D eigenvalue weighted by Crippen LogP contribution is -2.32. The fourth-order valence-electron chi connectivity index (χ4n) is 2.43. The maximum atomic E-state index is 11.5. The zero-order chi connectivity index (χ0) is 14.6. The zero-order valence-corrected chi connectivity index (χ0v) is 12.4. The second kappa shape index (κ2) is 6.40. The largest absolute Gasteiger partial charge is 0.384 e. The van der Waals surface area contributed by atoms with Gasteiger partial charge < -0.3 is 5.11 Å². The molecular weight excluding hydrogens is 274 g/mol. The van der Waals surface area contributed by atoms with E-state index in [1.54, 1.807) is 0 Å². The normalized spacial score (nSPS) is 20.6. The van der Waals surface area contributed by atoms with Crippen LogP contribution in [0.2, 0.25) is 0 Å². The van der Waals surface area contributed by atoms with Crippen LogP contribution in [0.15, 0.2) is 24.3 Å². The number of hydrogen-bond donors (Lipinski definition) is 1. The highest BCUT2D eigenvalue weighted by Gasteiger charge is 2.30. The maximum Gasteiger partial charge on any atom is 0.151 e. The van der Waals surface area contributed by atoms with E-state index in [9.17, 15) is 8.42 Å². The third-order valence-corrected chi connectivity index (χ3v) is 5.25. The molecule has 0 amide bonds. The minimum absolute atomic E-state index is 0.104. The molecule has 1 unspecified atom stereocenters.